The van der Waals surface area contributed by atoms with Crippen LogP contribution in [0.1, 0.15) is 61.7 Å². The molecular weight excluding hydrogens is 392 g/mol. The van der Waals surface area contributed by atoms with E-state index in [1.54, 1.807) is 4.90 Å². The Morgan fingerprint density at radius 3 is 2.52 bits per heavy atom. The van der Waals surface area contributed by atoms with Crippen LogP contribution >= 0.6 is 0 Å². The van der Waals surface area contributed by atoms with Crippen molar-refractivity contribution in [2.24, 2.45) is 11.3 Å². The van der Waals surface area contributed by atoms with Crippen molar-refractivity contribution in [3.8, 4) is 5.75 Å². The number of para-hydroxylation sites is 1. The third kappa shape index (κ3) is 5.22. The molecular formula is C25H36N2O4. The molecule has 1 spiro atoms. The Bertz CT molecular complexity index is 769. The molecule has 2 amide bonds. The molecule has 2 aliphatic heterocycles. The highest BCUT2D eigenvalue weighted by Crippen LogP contribution is 2.39. The van der Waals surface area contributed by atoms with Crippen LogP contribution in [0.15, 0.2) is 24.3 Å². The predicted octanol–water partition coefficient (Wildman–Crippen LogP) is 3.75. The fraction of sp³-hybridized carbons (Fsp3) is 0.680. The summed E-state index contributed by atoms with van der Waals surface area (Å²) in [6.07, 6.45) is 8.41. The Balaban J connectivity index is 1.47. The van der Waals surface area contributed by atoms with Gasteiger partial charge in [-0.15, -0.1) is 0 Å². The third-order valence-electron chi connectivity index (χ3n) is 7.41. The Morgan fingerprint density at radius 1 is 1.00 bits per heavy atom. The zero-order valence-electron chi connectivity index (χ0n) is 18.8. The Kier molecular flexibility index (Phi) is 7.16. The highest BCUT2D eigenvalue weighted by atomic mass is 16.5. The molecule has 1 aromatic rings. The van der Waals surface area contributed by atoms with Gasteiger partial charge in [-0.2, -0.15) is 0 Å². The van der Waals surface area contributed by atoms with E-state index in [1.165, 1.54) is 6.42 Å². The van der Waals surface area contributed by atoms with Crippen LogP contribution in [-0.4, -0.2) is 68.1 Å². The zero-order chi connectivity index (χ0) is 21.7. The normalized spacial score (nSPS) is 23.5. The minimum absolute atomic E-state index is 0.0359. The van der Waals surface area contributed by atoms with Gasteiger partial charge in [-0.25, -0.2) is 0 Å². The molecule has 2 fully saturated rings. The molecule has 4 rings (SSSR count). The zero-order valence-corrected chi connectivity index (χ0v) is 18.8. The van der Waals surface area contributed by atoms with Gasteiger partial charge in [0.05, 0.1) is 18.8 Å². The molecule has 3 aliphatic rings. The maximum atomic E-state index is 12.9. The van der Waals surface area contributed by atoms with E-state index >= 15 is 0 Å². The lowest BCUT2D eigenvalue weighted by Crippen LogP contribution is -2.48. The molecule has 1 saturated heterocycles. The second kappa shape index (κ2) is 10.0. The van der Waals surface area contributed by atoms with Gasteiger partial charge < -0.3 is 19.3 Å². The Labute approximate surface area is 185 Å². The van der Waals surface area contributed by atoms with Gasteiger partial charge in [0.1, 0.15) is 5.75 Å². The van der Waals surface area contributed by atoms with E-state index in [0.717, 1.165) is 64.6 Å². The van der Waals surface area contributed by atoms with Crippen LogP contribution in [0.3, 0.4) is 0 Å². The fourth-order valence-corrected chi connectivity index (χ4v) is 4.90. The smallest absolute Gasteiger partial charge is 0.257 e. The number of likely N-dealkylation sites (tertiary alicyclic amines) is 1. The average molecular weight is 429 g/mol. The Hall–Kier alpha value is -2.08. The predicted molar refractivity (Wildman–Crippen MR) is 119 cm³/mol. The van der Waals surface area contributed by atoms with E-state index < -0.39 is 0 Å². The van der Waals surface area contributed by atoms with Crippen LogP contribution in [-0.2, 0) is 9.53 Å². The van der Waals surface area contributed by atoms with Crippen molar-refractivity contribution < 1.29 is 19.1 Å². The number of benzene rings is 1. The molecule has 0 atom stereocenters. The van der Waals surface area contributed by atoms with E-state index in [2.05, 4.69) is 4.90 Å². The average Bonchev–Trinajstić information content (AvgIpc) is 2.75. The van der Waals surface area contributed by atoms with Crippen molar-refractivity contribution in [3.63, 3.8) is 0 Å². The molecule has 2 heterocycles. The number of hydrogen-bond acceptors (Lipinski definition) is 4. The maximum Gasteiger partial charge on any atom is 0.257 e. The minimum Gasteiger partial charge on any atom is -0.492 e. The van der Waals surface area contributed by atoms with E-state index in [-0.39, 0.29) is 17.2 Å². The van der Waals surface area contributed by atoms with Gasteiger partial charge in [-0.1, -0.05) is 25.0 Å². The second-order valence-corrected chi connectivity index (χ2v) is 9.53. The molecule has 0 aromatic heterocycles. The monoisotopic (exact) mass is 428 g/mol. The van der Waals surface area contributed by atoms with Crippen LogP contribution in [0.4, 0.5) is 0 Å². The molecule has 0 bridgehead atoms. The maximum absolute atomic E-state index is 12.9. The van der Waals surface area contributed by atoms with E-state index in [1.807, 2.05) is 31.3 Å². The first-order chi connectivity index (χ1) is 15.1. The quantitative estimate of drug-likeness (QED) is 0.684. The number of carbonyl (C=O) groups is 2. The molecule has 31 heavy (non-hydrogen) atoms. The van der Waals surface area contributed by atoms with Crippen LogP contribution in [0.2, 0.25) is 0 Å². The number of carbonyl (C=O) groups excluding carboxylic acids is 2. The summed E-state index contributed by atoms with van der Waals surface area (Å²) in [7, 11) is 1.81. The van der Waals surface area contributed by atoms with Crippen LogP contribution in [0.5, 0.6) is 5.75 Å². The standard InChI is InChI=1S/C25H36N2O4/c1-26-16-18-30-17-5-4-11-25(19-31-22-10-3-2-9-21(22)24(26)29)12-14-27(15-13-25)23(28)20-7-6-8-20/h2-3,9-10,20H,4-8,11-19H2,1H3. The number of hydrogen-bond donors (Lipinski definition) is 0. The number of fused-ring (bicyclic) bond motifs is 1. The van der Waals surface area contributed by atoms with Crippen LogP contribution in [0.25, 0.3) is 0 Å². The van der Waals surface area contributed by atoms with E-state index in [9.17, 15) is 9.59 Å². The molecule has 6 heteroatoms. The lowest BCUT2D eigenvalue weighted by Gasteiger charge is -2.43. The first-order valence-corrected chi connectivity index (χ1v) is 11.9. The Morgan fingerprint density at radius 2 is 1.77 bits per heavy atom. The molecule has 1 saturated carbocycles. The topological polar surface area (TPSA) is 59.1 Å². The summed E-state index contributed by atoms with van der Waals surface area (Å²) in [6.45, 7) is 4.07. The number of rotatable bonds is 1. The number of amides is 2. The molecule has 0 N–H and O–H groups in total. The molecule has 1 aliphatic carbocycles. The van der Waals surface area contributed by atoms with Gasteiger partial charge in [-0.05, 0) is 50.7 Å². The summed E-state index contributed by atoms with van der Waals surface area (Å²) in [6, 6.07) is 7.54. The summed E-state index contributed by atoms with van der Waals surface area (Å²) in [5, 5.41) is 0. The lowest BCUT2D eigenvalue weighted by molar-refractivity contribution is -0.141. The largest absolute Gasteiger partial charge is 0.492 e. The van der Waals surface area contributed by atoms with Gasteiger partial charge in [0.15, 0.2) is 0 Å². The van der Waals surface area contributed by atoms with Gasteiger partial charge >= 0.3 is 0 Å². The molecule has 0 radical (unpaired) electrons. The van der Waals surface area contributed by atoms with Crippen molar-refractivity contribution >= 4 is 11.8 Å². The summed E-state index contributed by atoms with van der Waals surface area (Å²) >= 11 is 0. The summed E-state index contributed by atoms with van der Waals surface area (Å²) < 4.78 is 12.1. The molecule has 6 nitrogen and oxygen atoms in total. The SMILES string of the molecule is CN1CCOCCCCC2(CCN(C(=O)C3CCC3)CC2)COc2ccccc2C1=O. The molecule has 0 unspecified atom stereocenters. The van der Waals surface area contributed by atoms with Crippen LogP contribution in [0, 0.1) is 11.3 Å². The van der Waals surface area contributed by atoms with Gasteiger partial charge in [0, 0.05) is 44.6 Å². The third-order valence-corrected chi connectivity index (χ3v) is 7.41. The highest BCUT2D eigenvalue weighted by molar-refractivity contribution is 5.96. The van der Waals surface area contributed by atoms with E-state index in [4.69, 9.17) is 9.47 Å². The van der Waals surface area contributed by atoms with Gasteiger partial charge in [-0.3, -0.25) is 9.59 Å². The van der Waals surface area contributed by atoms with Crippen molar-refractivity contribution in [2.75, 3.05) is 46.5 Å². The number of piperidine rings is 1. The number of nitrogens with zero attached hydrogens (tertiary/aromatic N) is 2. The summed E-state index contributed by atoms with van der Waals surface area (Å²) in [5.74, 6) is 1.24. The number of likely N-dealkylation sites (N-methyl/N-ethyl adjacent to an activating group) is 1. The highest BCUT2D eigenvalue weighted by Gasteiger charge is 2.39. The van der Waals surface area contributed by atoms with Gasteiger partial charge in [0.25, 0.3) is 5.91 Å². The van der Waals surface area contributed by atoms with Crippen molar-refractivity contribution in [2.45, 2.75) is 51.4 Å². The second-order valence-electron chi connectivity index (χ2n) is 9.53. The van der Waals surface area contributed by atoms with E-state index in [0.29, 0.717) is 37.0 Å². The van der Waals surface area contributed by atoms with Crippen LogP contribution < -0.4 is 4.74 Å². The minimum atomic E-state index is -0.0359. The van der Waals surface area contributed by atoms with Crippen molar-refractivity contribution in [1.82, 2.24) is 9.80 Å². The fourth-order valence-electron chi connectivity index (χ4n) is 4.90. The van der Waals surface area contributed by atoms with Gasteiger partial charge in [0.2, 0.25) is 5.91 Å². The molecule has 170 valence electrons. The van der Waals surface area contributed by atoms with Crippen molar-refractivity contribution in [3.05, 3.63) is 29.8 Å². The first-order valence-electron chi connectivity index (χ1n) is 11.9. The first kappa shape index (κ1) is 22.1. The summed E-state index contributed by atoms with van der Waals surface area (Å²) in [5.41, 5.74) is 0.651. The summed E-state index contributed by atoms with van der Waals surface area (Å²) in [4.78, 5) is 29.4. The van der Waals surface area contributed by atoms with Crippen molar-refractivity contribution in [1.29, 1.82) is 0 Å². The molecule has 1 aromatic carbocycles. The lowest BCUT2D eigenvalue weighted by atomic mass is 9.74. The number of ether oxygens (including phenoxy) is 2.